The lowest BCUT2D eigenvalue weighted by Gasteiger charge is -2.09. The molecule has 0 radical (unpaired) electrons. The highest BCUT2D eigenvalue weighted by Gasteiger charge is 2.34. The molecule has 1 aromatic rings. The molecule has 0 aliphatic heterocycles. The number of hydrogen-bond acceptors (Lipinski definition) is 2. The van der Waals surface area contributed by atoms with E-state index in [9.17, 15) is 13.2 Å². The fraction of sp³-hybridized carbons (Fsp3) is 0.167. The van der Waals surface area contributed by atoms with Crippen molar-refractivity contribution in [2.45, 2.75) is 6.18 Å². The molecule has 0 aliphatic rings. The summed E-state index contributed by atoms with van der Waals surface area (Å²) in [5.41, 5.74) is 4.09. The molecule has 2 N–H and O–H groups in total. The van der Waals surface area contributed by atoms with Crippen LogP contribution in [0, 0.1) is 0 Å². The molecule has 0 aromatic carbocycles. The number of aromatic nitrogens is 1. The van der Waals surface area contributed by atoms with Crippen molar-refractivity contribution >= 4 is 33.2 Å². The van der Waals surface area contributed by atoms with Crippen LogP contribution in [0.1, 0.15) is 5.56 Å². The summed E-state index contributed by atoms with van der Waals surface area (Å²) in [6.45, 7) is 0. The van der Waals surface area contributed by atoms with E-state index in [0.29, 0.717) is 0 Å². The number of hydrogen-bond donors (Lipinski definition) is 1. The van der Waals surface area contributed by atoms with E-state index >= 15 is 0 Å². The Morgan fingerprint density at radius 1 is 1.46 bits per heavy atom. The van der Waals surface area contributed by atoms with E-state index < -0.39 is 16.9 Å². The molecule has 0 saturated heterocycles. The molecule has 0 amide bonds. The first kappa shape index (κ1) is 10.6. The maximum atomic E-state index is 12.2. The minimum absolute atomic E-state index is 0.100. The largest absolute Gasteiger partial charge is 0.419 e. The van der Waals surface area contributed by atoms with Crippen LogP contribution < -0.4 is 5.73 Å². The van der Waals surface area contributed by atoms with Crippen molar-refractivity contribution < 1.29 is 13.2 Å². The van der Waals surface area contributed by atoms with Gasteiger partial charge in [0.25, 0.3) is 0 Å². The maximum Gasteiger partial charge on any atom is 0.419 e. The highest BCUT2D eigenvalue weighted by Crippen LogP contribution is 2.36. The predicted molar refractivity (Wildman–Crippen MR) is 46.4 cm³/mol. The number of anilines is 1. The molecule has 0 atom stereocenters. The smallest absolute Gasteiger partial charge is 0.397 e. The first-order valence-corrected chi connectivity index (χ1v) is 4.18. The molecule has 1 heterocycles. The highest BCUT2D eigenvalue weighted by atomic mass is 79.9. The van der Waals surface area contributed by atoms with Gasteiger partial charge in [0.15, 0.2) is 0 Å². The van der Waals surface area contributed by atoms with Gasteiger partial charge in [-0.15, -0.1) is 0 Å². The lowest BCUT2D eigenvalue weighted by Crippen LogP contribution is -2.08. The van der Waals surface area contributed by atoms with Crippen molar-refractivity contribution in [2.24, 2.45) is 0 Å². The lowest BCUT2D eigenvalue weighted by molar-refractivity contribution is -0.137. The zero-order valence-corrected chi connectivity index (χ0v) is 8.33. The standard InChI is InChI=1S/C6H3BrClF3N2/c7-4-3(12)1-2(5(8)13-4)6(9,10)11/h1H,12H2. The van der Waals surface area contributed by atoms with Crippen LogP contribution in [0.15, 0.2) is 10.7 Å². The van der Waals surface area contributed by atoms with Crippen LogP contribution >= 0.6 is 27.5 Å². The number of pyridine rings is 1. The van der Waals surface area contributed by atoms with Crippen LogP contribution in [-0.4, -0.2) is 4.98 Å². The number of halogens is 5. The lowest BCUT2D eigenvalue weighted by atomic mass is 10.2. The average Bonchev–Trinajstić information content (AvgIpc) is 1.94. The molecular formula is C6H3BrClF3N2. The molecule has 2 nitrogen and oxygen atoms in total. The second-order valence-corrected chi connectivity index (χ2v) is 3.31. The molecule has 0 saturated carbocycles. The first-order chi connectivity index (χ1) is 5.82. The molecular weight excluding hydrogens is 272 g/mol. The SMILES string of the molecule is Nc1cc(C(F)(F)F)c(Cl)nc1Br. The van der Waals surface area contributed by atoms with Gasteiger partial charge in [-0.25, -0.2) is 4.98 Å². The molecule has 7 heteroatoms. The van der Waals surface area contributed by atoms with Gasteiger partial charge in [-0.05, 0) is 22.0 Å². The number of rotatable bonds is 0. The number of nitrogens with two attached hydrogens (primary N) is 1. The summed E-state index contributed by atoms with van der Waals surface area (Å²) in [6.07, 6.45) is -4.53. The van der Waals surface area contributed by atoms with Crippen molar-refractivity contribution in [2.75, 3.05) is 5.73 Å². The molecule has 0 spiro atoms. The van der Waals surface area contributed by atoms with Gasteiger partial charge in [0, 0.05) is 0 Å². The summed E-state index contributed by atoms with van der Waals surface area (Å²) < 4.78 is 36.6. The van der Waals surface area contributed by atoms with Crippen LogP contribution in [0.5, 0.6) is 0 Å². The quantitative estimate of drug-likeness (QED) is 0.739. The van der Waals surface area contributed by atoms with Crippen molar-refractivity contribution in [3.8, 4) is 0 Å². The van der Waals surface area contributed by atoms with Gasteiger partial charge in [-0.1, -0.05) is 11.6 Å². The summed E-state index contributed by atoms with van der Waals surface area (Å²) in [4.78, 5) is 3.38. The van der Waals surface area contributed by atoms with Crippen LogP contribution in [-0.2, 0) is 6.18 Å². The second-order valence-electron chi connectivity index (χ2n) is 2.20. The molecule has 0 bridgehead atoms. The van der Waals surface area contributed by atoms with Gasteiger partial charge in [-0.3, -0.25) is 0 Å². The Hall–Kier alpha value is -0.490. The van der Waals surface area contributed by atoms with E-state index in [0.717, 1.165) is 6.07 Å². The maximum absolute atomic E-state index is 12.2. The average molecular weight is 275 g/mol. The summed E-state index contributed by atoms with van der Waals surface area (Å²) >= 11 is 8.13. The second kappa shape index (κ2) is 3.34. The Morgan fingerprint density at radius 2 is 2.00 bits per heavy atom. The van der Waals surface area contributed by atoms with Gasteiger partial charge in [0.05, 0.1) is 11.3 Å². The minimum atomic E-state index is -4.53. The van der Waals surface area contributed by atoms with E-state index in [2.05, 4.69) is 20.9 Å². The van der Waals surface area contributed by atoms with E-state index in [4.69, 9.17) is 17.3 Å². The molecule has 1 rings (SSSR count). The van der Waals surface area contributed by atoms with E-state index in [-0.39, 0.29) is 10.3 Å². The van der Waals surface area contributed by atoms with Crippen LogP contribution in [0.2, 0.25) is 5.15 Å². The van der Waals surface area contributed by atoms with Crippen molar-refractivity contribution in [3.63, 3.8) is 0 Å². The van der Waals surface area contributed by atoms with Crippen molar-refractivity contribution in [3.05, 3.63) is 21.4 Å². The zero-order valence-electron chi connectivity index (χ0n) is 5.99. The van der Waals surface area contributed by atoms with Gasteiger partial charge >= 0.3 is 6.18 Å². The van der Waals surface area contributed by atoms with Gasteiger partial charge < -0.3 is 5.73 Å². The fourth-order valence-corrected chi connectivity index (χ4v) is 1.32. The third kappa shape index (κ3) is 2.25. The molecule has 0 fully saturated rings. The summed E-state index contributed by atoms with van der Waals surface area (Å²) in [7, 11) is 0. The van der Waals surface area contributed by atoms with Gasteiger partial charge in [0.2, 0.25) is 0 Å². The third-order valence-corrected chi connectivity index (χ3v) is 2.19. The predicted octanol–water partition coefficient (Wildman–Crippen LogP) is 3.10. The highest BCUT2D eigenvalue weighted by molar-refractivity contribution is 9.10. The van der Waals surface area contributed by atoms with Gasteiger partial charge in [0.1, 0.15) is 9.76 Å². The number of nitrogen functional groups attached to an aromatic ring is 1. The van der Waals surface area contributed by atoms with E-state index in [1.165, 1.54) is 0 Å². The van der Waals surface area contributed by atoms with Gasteiger partial charge in [-0.2, -0.15) is 13.2 Å². The normalized spacial score (nSPS) is 11.8. The van der Waals surface area contributed by atoms with Crippen molar-refractivity contribution in [1.29, 1.82) is 0 Å². The topological polar surface area (TPSA) is 38.9 Å². The Balaban J connectivity index is 3.32. The Bertz CT molecular complexity index is 339. The van der Waals surface area contributed by atoms with Crippen LogP contribution in [0.25, 0.3) is 0 Å². The molecule has 13 heavy (non-hydrogen) atoms. The van der Waals surface area contributed by atoms with Crippen LogP contribution in [0.4, 0.5) is 18.9 Å². The Kier molecular flexibility index (Phi) is 2.72. The summed E-state index contributed by atoms with van der Waals surface area (Å²) in [5.74, 6) is 0. The Morgan fingerprint density at radius 3 is 2.46 bits per heavy atom. The molecule has 1 aromatic heterocycles. The molecule has 0 unspecified atom stereocenters. The summed E-state index contributed by atoms with van der Waals surface area (Å²) in [5, 5.41) is -0.617. The Labute approximate surface area is 85.0 Å². The zero-order chi connectivity index (χ0) is 10.2. The van der Waals surface area contributed by atoms with Crippen molar-refractivity contribution in [1.82, 2.24) is 4.98 Å². The van der Waals surface area contributed by atoms with E-state index in [1.807, 2.05) is 0 Å². The monoisotopic (exact) mass is 274 g/mol. The third-order valence-electron chi connectivity index (χ3n) is 1.26. The molecule has 72 valence electrons. The first-order valence-electron chi connectivity index (χ1n) is 3.01. The number of alkyl halides is 3. The van der Waals surface area contributed by atoms with Crippen LogP contribution in [0.3, 0.4) is 0 Å². The number of nitrogens with zero attached hydrogens (tertiary/aromatic N) is 1. The van der Waals surface area contributed by atoms with E-state index in [1.54, 1.807) is 0 Å². The molecule has 0 aliphatic carbocycles. The minimum Gasteiger partial charge on any atom is -0.397 e. The fourth-order valence-electron chi connectivity index (χ4n) is 0.684. The summed E-state index contributed by atoms with van der Waals surface area (Å²) in [6, 6.07) is 0.736.